The smallest absolute Gasteiger partial charge is 0.255 e. The van der Waals surface area contributed by atoms with Crippen molar-refractivity contribution in [1.29, 1.82) is 0 Å². The van der Waals surface area contributed by atoms with Crippen molar-refractivity contribution in [2.75, 3.05) is 31.6 Å². The molecule has 1 aliphatic carbocycles. The molecule has 2 amide bonds. The molecule has 2 heterocycles. The van der Waals surface area contributed by atoms with E-state index in [2.05, 4.69) is 10.6 Å². The molecule has 0 radical (unpaired) electrons. The average Bonchev–Trinajstić information content (AvgIpc) is 3.49. The van der Waals surface area contributed by atoms with Crippen molar-refractivity contribution in [3.05, 3.63) is 58.8 Å². The predicted molar refractivity (Wildman–Crippen MR) is 116 cm³/mol. The van der Waals surface area contributed by atoms with Crippen LogP contribution in [0.25, 0.3) is 5.69 Å². The van der Waals surface area contributed by atoms with Crippen LogP contribution in [0.15, 0.2) is 47.4 Å². The summed E-state index contributed by atoms with van der Waals surface area (Å²) in [4.78, 5) is 37.9. The lowest BCUT2D eigenvalue weighted by atomic mass is 10.2. The van der Waals surface area contributed by atoms with E-state index in [0.717, 1.165) is 12.8 Å². The Morgan fingerprint density at radius 3 is 2.69 bits per heavy atom. The minimum absolute atomic E-state index is 0.0150. The third-order valence-corrected chi connectivity index (χ3v) is 5.45. The van der Waals surface area contributed by atoms with E-state index in [-0.39, 0.29) is 48.5 Å². The molecule has 2 aromatic rings. The van der Waals surface area contributed by atoms with Crippen molar-refractivity contribution >= 4 is 17.5 Å². The van der Waals surface area contributed by atoms with E-state index in [0.29, 0.717) is 18.8 Å². The predicted octanol–water partition coefficient (Wildman–Crippen LogP) is 0.222. The Labute approximate surface area is 184 Å². The second-order valence-corrected chi connectivity index (χ2v) is 8.17. The molecule has 1 saturated heterocycles. The molecule has 1 aliphatic heterocycles. The van der Waals surface area contributed by atoms with E-state index in [4.69, 9.17) is 10.5 Å². The average molecular weight is 443 g/mol. The van der Waals surface area contributed by atoms with E-state index in [1.165, 1.54) is 22.8 Å². The van der Waals surface area contributed by atoms with Crippen LogP contribution >= 0.6 is 0 Å². The second-order valence-electron chi connectivity index (χ2n) is 8.17. The van der Waals surface area contributed by atoms with E-state index >= 15 is 0 Å². The number of hydrogen-bond donors (Lipinski definition) is 3. The van der Waals surface area contributed by atoms with Gasteiger partial charge in [-0.15, -0.1) is 0 Å². The lowest BCUT2D eigenvalue weighted by Crippen LogP contribution is -2.38. The molecule has 1 saturated carbocycles. The van der Waals surface area contributed by atoms with Crippen LogP contribution < -0.4 is 21.9 Å². The number of hydrogen-bond acceptors (Lipinski definition) is 6. The number of amides is 2. The van der Waals surface area contributed by atoms with Crippen molar-refractivity contribution < 1.29 is 18.7 Å². The summed E-state index contributed by atoms with van der Waals surface area (Å²) in [6.45, 7) is 0.794. The Morgan fingerprint density at radius 1 is 1.16 bits per heavy atom. The van der Waals surface area contributed by atoms with Crippen LogP contribution in [0.2, 0.25) is 0 Å². The molecule has 9 nitrogen and oxygen atoms in total. The summed E-state index contributed by atoms with van der Waals surface area (Å²) >= 11 is 0. The zero-order chi connectivity index (χ0) is 22.7. The summed E-state index contributed by atoms with van der Waals surface area (Å²) in [5.74, 6) is -1.20. The number of nitrogens with zero attached hydrogens (tertiary/aromatic N) is 2. The first-order chi connectivity index (χ1) is 15.4. The fourth-order valence-electron chi connectivity index (χ4n) is 3.65. The first kappa shape index (κ1) is 22.1. The molecule has 1 aromatic carbocycles. The molecule has 0 unspecified atom stereocenters. The first-order valence-electron chi connectivity index (χ1n) is 10.6. The number of halogens is 1. The van der Waals surface area contributed by atoms with Gasteiger partial charge in [0.15, 0.2) is 0 Å². The van der Waals surface area contributed by atoms with Crippen molar-refractivity contribution in [2.24, 2.45) is 5.73 Å². The van der Waals surface area contributed by atoms with E-state index < -0.39 is 11.7 Å². The molecule has 2 aliphatic rings. The van der Waals surface area contributed by atoms with E-state index in [9.17, 15) is 18.8 Å². The summed E-state index contributed by atoms with van der Waals surface area (Å²) in [5, 5.41) is 5.40. The Morgan fingerprint density at radius 2 is 1.97 bits per heavy atom. The lowest BCUT2D eigenvalue weighted by molar-refractivity contribution is -0.128. The molecule has 0 spiro atoms. The van der Waals surface area contributed by atoms with Gasteiger partial charge < -0.3 is 21.1 Å². The van der Waals surface area contributed by atoms with Gasteiger partial charge >= 0.3 is 0 Å². The van der Waals surface area contributed by atoms with Crippen molar-refractivity contribution in [1.82, 2.24) is 14.8 Å². The first-order valence-corrected chi connectivity index (χ1v) is 10.6. The highest BCUT2D eigenvalue weighted by Gasteiger charge is 2.33. The number of nitrogens with two attached hydrogens (primary N) is 1. The van der Waals surface area contributed by atoms with Crippen LogP contribution in [0.5, 0.6) is 0 Å². The topological polar surface area (TPSA) is 119 Å². The zero-order valence-electron chi connectivity index (χ0n) is 17.5. The van der Waals surface area contributed by atoms with Crippen LogP contribution in [0.4, 0.5) is 10.1 Å². The summed E-state index contributed by atoms with van der Waals surface area (Å²) < 4.78 is 21.4. The van der Waals surface area contributed by atoms with E-state index in [1.54, 1.807) is 29.3 Å². The molecule has 2 atom stereocenters. The molecule has 1 aromatic heterocycles. The van der Waals surface area contributed by atoms with Gasteiger partial charge in [0.25, 0.3) is 5.56 Å². The third-order valence-electron chi connectivity index (χ3n) is 5.45. The van der Waals surface area contributed by atoms with Crippen LogP contribution in [0.1, 0.15) is 12.8 Å². The number of carbonyl (C=O) groups is 2. The Kier molecular flexibility index (Phi) is 6.63. The molecule has 10 heteroatoms. The normalized spacial score (nSPS) is 20.8. The standard InChI is InChI=1S/C22H26FN5O4/c23-16-9-15(28-8-2-1-3-22(28)31)6-7-18(16)26-20(29)12-27-10-17(24)19(11-27)32-13-21(30)25-14-4-5-14/h1-3,6-9,14,17,19H,4-5,10-13,24H2,(H,25,30)(H,26,29)/t17-,19-/m0/s1. The quantitative estimate of drug-likeness (QED) is 0.537. The highest BCUT2D eigenvalue weighted by molar-refractivity contribution is 5.92. The van der Waals surface area contributed by atoms with Gasteiger partial charge in [-0.1, -0.05) is 6.07 Å². The van der Waals surface area contributed by atoms with Crippen molar-refractivity contribution in [3.63, 3.8) is 0 Å². The van der Waals surface area contributed by atoms with Gasteiger partial charge in [0.2, 0.25) is 11.8 Å². The molecule has 4 rings (SSSR count). The van der Waals surface area contributed by atoms with Gasteiger partial charge in [0, 0.05) is 43.5 Å². The molecular weight excluding hydrogens is 417 g/mol. The zero-order valence-corrected chi connectivity index (χ0v) is 17.5. The minimum atomic E-state index is -0.646. The molecule has 170 valence electrons. The second kappa shape index (κ2) is 9.60. The maximum absolute atomic E-state index is 14.5. The van der Waals surface area contributed by atoms with Crippen LogP contribution in [-0.2, 0) is 14.3 Å². The number of ether oxygens (including phenoxy) is 1. The van der Waals surface area contributed by atoms with E-state index in [1.807, 2.05) is 0 Å². The van der Waals surface area contributed by atoms with Gasteiger partial charge in [-0.25, -0.2) is 4.39 Å². The fraction of sp³-hybridized carbons (Fsp3) is 0.409. The maximum Gasteiger partial charge on any atom is 0.255 e. The molecule has 2 fully saturated rings. The van der Waals surface area contributed by atoms with Gasteiger partial charge in [0.1, 0.15) is 12.4 Å². The highest BCUT2D eigenvalue weighted by atomic mass is 19.1. The number of likely N-dealkylation sites (tertiary alicyclic amines) is 1. The summed E-state index contributed by atoms with van der Waals surface area (Å²) in [7, 11) is 0. The monoisotopic (exact) mass is 443 g/mol. The SMILES string of the molecule is N[C@H]1CN(CC(=O)Nc2ccc(-n3ccccc3=O)cc2F)C[C@@H]1OCC(=O)NC1CC1. The summed E-state index contributed by atoms with van der Waals surface area (Å²) in [6.07, 6.45) is 3.20. The highest BCUT2D eigenvalue weighted by Crippen LogP contribution is 2.19. The number of pyridine rings is 1. The van der Waals surface area contributed by atoms with Crippen molar-refractivity contribution in [3.8, 4) is 5.69 Å². The van der Waals surface area contributed by atoms with Crippen LogP contribution in [0, 0.1) is 5.82 Å². The van der Waals surface area contributed by atoms with Gasteiger partial charge in [0.05, 0.1) is 24.0 Å². The van der Waals surface area contributed by atoms with Gasteiger partial charge in [-0.2, -0.15) is 0 Å². The largest absolute Gasteiger partial charge is 0.365 e. The van der Waals surface area contributed by atoms with Crippen molar-refractivity contribution in [2.45, 2.75) is 31.0 Å². The summed E-state index contributed by atoms with van der Waals surface area (Å²) in [6, 6.07) is 8.77. The fourth-order valence-corrected chi connectivity index (χ4v) is 3.65. The van der Waals surface area contributed by atoms with Gasteiger partial charge in [-0.3, -0.25) is 23.9 Å². The van der Waals surface area contributed by atoms with Crippen LogP contribution in [-0.4, -0.2) is 65.7 Å². The minimum Gasteiger partial charge on any atom is -0.365 e. The molecule has 0 bridgehead atoms. The number of carbonyl (C=O) groups excluding carboxylic acids is 2. The number of benzene rings is 1. The Bertz CT molecular complexity index is 1050. The maximum atomic E-state index is 14.5. The Hall–Kier alpha value is -3.08. The molecule has 4 N–H and O–H groups in total. The molecular formula is C22H26FN5O4. The Balaban J connectivity index is 1.28. The number of nitrogens with one attached hydrogen (secondary N) is 2. The number of anilines is 1. The number of rotatable bonds is 8. The third kappa shape index (κ3) is 5.58. The lowest BCUT2D eigenvalue weighted by Gasteiger charge is -2.16. The van der Waals surface area contributed by atoms with Gasteiger partial charge in [-0.05, 0) is 31.0 Å². The van der Waals surface area contributed by atoms with Crippen LogP contribution in [0.3, 0.4) is 0 Å². The number of aromatic nitrogens is 1. The molecule has 32 heavy (non-hydrogen) atoms. The summed E-state index contributed by atoms with van der Waals surface area (Å²) in [5.41, 5.74) is 6.19.